The first-order valence-corrected chi connectivity index (χ1v) is 6.06. The smallest absolute Gasteiger partial charge is 0.408 e. The van der Waals surface area contributed by atoms with Crippen LogP contribution in [-0.2, 0) is 7.05 Å². The lowest BCUT2D eigenvalue weighted by molar-refractivity contribution is 0.430. The first kappa shape index (κ1) is 11.7. The Bertz CT molecular complexity index is 882. The zero-order valence-electron chi connectivity index (χ0n) is 9.68. The van der Waals surface area contributed by atoms with Gasteiger partial charge in [-0.25, -0.2) is 4.79 Å². The average Bonchev–Trinajstić information content (AvgIpc) is 2.91. The van der Waals surface area contributed by atoms with Gasteiger partial charge in [-0.1, -0.05) is 5.16 Å². The van der Waals surface area contributed by atoms with Gasteiger partial charge in [0.1, 0.15) is 10.5 Å². The summed E-state index contributed by atoms with van der Waals surface area (Å²) in [5.41, 5.74) is 2.01. The van der Waals surface area contributed by atoms with Crippen molar-refractivity contribution >= 4 is 27.0 Å². The minimum absolute atomic E-state index is 0.177. The highest BCUT2D eigenvalue weighted by Crippen LogP contribution is 2.32. The Morgan fingerprint density at radius 1 is 1.47 bits per heavy atom. The van der Waals surface area contributed by atoms with E-state index in [2.05, 4.69) is 21.1 Å². The zero-order chi connectivity index (χ0) is 13.6. The zero-order valence-corrected chi connectivity index (χ0v) is 11.3. The number of nitriles is 1. The van der Waals surface area contributed by atoms with E-state index in [0.29, 0.717) is 26.9 Å². The number of fused-ring (bicyclic) bond motifs is 1. The summed E-state index contributed by atoms with van der Waals surface area (Å²) in [5.74, 6) is 0.00796. The number of halogens is 1. The van der Waals surface area contributed by atoms with Crippen LogP contribution < -0.4 is 5.76 Å². The molecule has 0 spiro atoms. The summed E-state index contributed by atoms with van der Waals surface area (Å²) in [4.78, 5) is 11.4. The average molecular weight is 320 g/mol. The molecule has 2 aromatic heterocycles. The third-order valence-electron chi connectivity index (χ3n) is 2.79. The van der Waals surface area contributed by atoms with E-state index in [-0.39, 0.29) is 5.69 Å². The molecule has 1 aromatic carbocycles. The maximum atomic E-state index is 11.4. The van der Waals surface area contributed by atoms with Crippen LogP contribution in [0.25, 0.3) is 22.4 Å². The second-order valence-electron chi connectivity index (χ2n) is 3.90. The molecule has 0 atom stereocenters. The minimum atomic E-state index is -0.429. The standard InChI is InChI=1S/C12H6BrN3O3/c1-16-8-4-6(2-3-9(8)18-12(16)17)11-10(13)7(5-14)15-19-11/h2-4H,1H3. The fourth-order valence-corrected chi connectivity index (χ4v) is 2.26. The van der Waals surface area contributed by atoms with E-state index in [4.69, 9.17) is 14.2 Å². The minimum Gasteiger partial charge on any atom is -0.408 e. The molecule has 7 heteroatoms. The second kappa shape index (κ2) is 4.10. The Labute approximate surface area is 115 Å². The van der Waals surface area contributed by atoms with Crippen molar-refractivity contribution in [3.8, 4) is 17.4 Å². The number of nitrogens with zero attached hydrogens (tertiary/aromatic N) is 3. The molecule has 0 saturated carbocycles. The van der Waals surface area contributed by atoms with Crippen molar-refractivity contribution in [3.63, 3.8) is 0 Å². The van der Waals surface area contributed by atoms with Gasteiger partial charge < -0.3 is 8.94 Å². The van der Waals surface area contributed by atoms with Gasteiger partial charge in [0.2, 0.25) is 0 Å². The summed E-state index contributed by atoms with van der Waals surface area (Å²) in [7, 11) is 1.62. The van der Waals surface area contributed by atoms with Crippen molar-refractivity contribution in [1.29, 1.82) is 5.26 Å². The number of benzene rings is 1. The van der Waals surface area contributed by atoms with Gasteiger partial charge in [0, 0.05) is 12.6 Å². The Kier molecular flexibility index (Phi) is 2.54. The number of oxazole rings is 1. The molecule has 2 heterocycles. The van der Waals surface area contributed by atoms with Gasteiger partial charge in [-0.15, -0.1) is 0 Å². The predicted octanol–water partition coefficient (Wildman–Crippen LogP) is 2.42. The number of aryl methyl sites for hydroxylation is 1. The molecule has 0 N–H and O–H groups in total. The Morgan fingerprint density at radius 2 is 2.26 bits per heavy atom. The topological polar surface area (TPSA) is 85.0 Å². The van der Waals surface area contributed by atoms with Crippen molar-refractivity contribution in [1.82, 2.24) is 9.72 Å². The summed E-state index contributed by atoms with van der Waals surface area (Å²) in [6.07, 6.45) is 0. The molecule has 0 aliphatic rings. The van der Waals surface area contributed by atoms with Crippen LogP contribution in [0.2, 0.25) is 0 Å². The number of rotatable bonds is 1. The van der Waals surface area contributed by atoms with Crippen molar-refractivity contribution in [2.45, 2.75) is 0 Å². The fourth-order valence-electron chi connectivity index (χ4n) is 1.80. The Balaban J connectivity index is 2.26. The molecule has 0 unspecified atom stereocenters. The summed E-state index contributed by atoms with van der Waals surface area (Å²) in [5, 5.41) is 12.5. The molecule has 0 amide bonds. The molecule has 0 aliphatic carbocycles. The van der Waals surface area contributed by atoms with Gasteiger partial charge in [-0.2, -0.15) is 5.26 Å². The summed E-state index contributed by atoms with van der Waals surface area (Å²) < 4.78 is 12.1. The van der Waals surface area contributed by atoms with Crippen LogP contribution >= 0.6 is 15.9 Å². The Hall–Kier alpha value is -2.33. The van der Waals surface area contributed by atoms with Crippen molar-refractivity contribution < 1.29 is 8.94 Å². The van der Waals surface area contributed by atoms with Gasteiger partial charge in [0.15, 0.2) is 17.0 Å². The van der Waals surface area contributed by atoms with E-state index >= 15 is 0 Å². The van der Waals surface area contributed by atoms with E-state index in [1.807, 2.05) is 6.07 Å². The van der Waals surface area contributed by atoms with Crippen LogP contribution in [0.5, 0.6) is 0 Å². The maximum Gasteiger partial charge on any atom is 0.419 e. The molecule has 3 rings (SSSR count). The van der Waals surface area contributed by atoms with Gasteiger partial charge >= 0.3 is 5.76 Å². The van der Waals surface area contributed by atoms with Gasteiger partial charge in [-0.05, 0) is 34.1 Å². The van der Waals surface area contributed by atoms with Crippen LogP contribution in [-0.4, -0.2) is 9.72 Å². The SMILES string of the molecule is Cn1c(=O)oc2ccc(-c3onc(C#N)c3Br)cc21. The van der Waals surface area contributed by atoms with Crippen molar-refractivity contribution in [3.05, 3.63) is 38.9 Å². The van der Waals surface area contributed by atoms with E-state index < -0.39 is 5.76 Å². The maximum absolute atomic E-state index is 11.4. The van der Waals surface area contributed by atoms with Crippen LogP contribution in [0.3, 0.4) is 0 Å². The van der Waals surface area contributed by atoms with Crippen molar-refractivity contribution in [2.24, 2.45) is 7.05 Å². The monoisotopic (exact) mass is 319 g/mol. The van der Waals surface area contributed by atoms with E-state index in [1.54, 1.807) is 25.2 Å². The molecule has 19 heavy (non-hydrogen) atoms. The first-order valence-electron chi connectivity index (χ1n) is 5.27. The lowest BCUT2D eigenvalue weighted by atomic mass is 10.1. The number of hydrogen-bond acceptors (Lipinski definition) is 5. The first-order chi connectivity index (χ1) is 9.11. The molecule has 3 aromatic rings. The van der Waals surface area contributed by atoms with Crippen molar-refractivity contribution in [2.75, 3.05) is 0 Å². The summed E-state index contributed by atoms with van der Waals surface area (Å²) in [6.45, 7) is 0. The van der Waals surface area contributed by atoms with E-state index in [0.717, 1.165) is 0 Å². The quantitative estimate of drug-likeness (QED) is 0.687. The highest BCUT2D eigenvalue weighted by molar-refractivity contribution is 9.10. The normalized spacial score (nSPS) is 10.8. The molecule has 6 nitrogen and oxygen atoms in total. The second-order valence-corrected chi connectivity index (χ2v) is 4.69. The summed E-state index contributed by atoms with van der Waals surface area (Å²) >= 11 is 3.27. The highest BCUT2D eigenvalue weighted by Gasteiger charge is 2.16. The highest BCUT2D eigenvalue weighted by atomic mass is 79.9. The molecule has 0 radical (unpaired) electrons. The lowest BCUT2D eigenvalue weighted by Gasteiger charge is -1.97. The van der Waals surface area contributed by atoms with Gasteiger partial charge in [-0.3, -0.25) is 4.57 Å². The van der Waals surface area contributed by atoms with Crippen LogP contribution in [0.4, 0.5) is 0 Å². The van der Waals surface area contributed by atoms with E-state index in [9.17, 15) is 4.79 Å². The molecular formula is C12H6BrN3O3. The van der Waals surface area contributed by atoms with Crippen LogP contribution in [0, 0.1) is 11.3 Å². The largest absolute Gasteiger partial charge is 0.419 e. The third kappa shape index (κ3) is 1.69. The Morgan fingerprint density at radius 3 is 2.95 bits per heavy atom. The van der Waals surface area contributed by atoms with Gasteiger partial charge in [0.05, 0.1) is 5.52 Å². The fraction of sp³-hybridized carbons (Fsp3) is 0.0833. The summed E-state index contributed by atoms with van der Waals surface area (Å²) in [6, 6.07) is 7.06. The molecule has 0 aliphatic heterocycles. The molecule has 94 valence electrons. The lowest BCUT2D eigenvalue weighted by Crippen LogP contribution is -2.08. The number of aromatic nitrogens is 2. The third-order valence-corrected chi connectivity index (χ3v) is 3.53. The van der Waals surface area contributed by atoms with E-state index in [1.165, 1.54) is 4.57 Å². The van der Waals surface area contributed by atoms with Crippen LogP contribution in [0.1, 0.15) is 5.69 Å². The van der Waals surface area contributed by atoms with Crippen LogP contribution in [0.15, 0.2) is 36.4 Å². The predicted molar refractivity (Wildman–Crippen MR) is 69.4 cm³/mol. The van der Waals surface area contributed by atoms with Gasteiger partial charge in [0.25, 0.3) is 0 Å². The number of hydrogen-bond donors (Lipinski definition) is 0. The molecule has 0 fully saturated rings. The molecule has 0 saturated heterocycles. The molecular weight excluding hydrogens is 314 g/mol. The molecule has 0 bridgehead atoms.